The van der Waals surface area contributed by atoms with Gasteiger partial charge in [-0.2, -0.15) is 0 Å². The van der Waals surface area contributed by atoms with Crippen LogP contribution >= 0.6 is 0 Å². The van der Waals surface area contributed by atoms with Crippen molar-refractivity contribution in [3.63, 3.8) is 0 Å². The monoisotopic (exact) mass is 330 g/mol. The van der Waals surface area contributed by atoms with Crippen molar-refractivity contribution in [2.24, 2.45) is 0 Å². The van der Waals surface area contributed by atoms with Gasteiger partial charge in [-0.25, -0.2) is 0 Å². The molecule has 0 aliphatic carbocycles. The number of benzene rings is 3. The summed E-state index contributed by atoms with van der Waals surface area (Å²) in [6.45, 7) is 2.23. The standard InChI is InChI=1S/C24H26O/c1-2-3-12-19-24(20-13-6-4-7-14-20,21-15-8-5-9-16-21)22-17-10-11-18-23(22)25/h4-11,13-18,25H,2-3,12,19H2,1H3. The molecule has 0 aliphatic heterocycles. The number of para-hydroxylation sites is 1. The Hall–Kier alpha value is -2.54. The summed E-state index contributed by atoms with van der Waals surface area (Å²) >= 11 is 0. The second-order valence-corrected chi connectivity index (χ2v) is 6.61. The molecule has 1 nitrogen and oxygen atoms in total. The molecule has 0 fully saturated rings. The molecule has 3 aromatic carbocycles. The van der Waals surface area contributed by atoms with Crippen molar-refractivity contribution >= 4 is 0 Å². The third kappa shape index (κ3) is 3.46. The van der Waals surface area contributed by atoms with Gasteiger partial charge in [-0.15, -0.1) is 0 Å². The van der Waals surface area contributed by atoms with Gasteiger partial charge in [0.15, 0.2) is 0 Å². The third-order valence-electron chi connectivity index (χ3n) is 5.05. The summed E-state index contributed by atoms with van der Waals surface area (Å²) in [5.74, 6) is 0.367. The summed E-state index contributed by atoms with van der Waals surface area (Å²) in [5, 5.41) is 10.7. The summed E-state index contributed by atoms with van der Waals surface area (Å²) in [7, 11) is 0. The molecule has 0 saturated carbocycles. The summed E-state index contributed by atoms with van der Waals surface area (Å²) in [6, 6.07) is 29.0. The summed E-state index contributed by atoms with van der Waals surface area (Å²) in [5.41, 5.74) is 3.13. The Labute approximate surface area is 151 Å². The van der Waals surface area contributed by atoms with Crippen molar-refractivity contribution < 1.29 is 5.11 Å². The maximum Gasteiger partial charge on any atom is 0.120 e. The zero-order chi connectivity index (χ0) is 17.5. The second-order valence-electron chi connectivity index (χ2n) is 6.61. The van der Waals surface area contributed by atoms with E-state index in [0.29, 0.717) is 5.75 Å². The van der Waals surface area contributed by atoms with E-state index in [1.165, 1.54) is 24.0 Å². The highest BCUT2D eigenvalue weighted by molar-refractivity contribution is 5.54. The van der Waals surface area contributed by atoms with E-state index in [0.717, 1.165) is 18.4 Å². The van der Waals surface area contributed by atoms with E-state index >= 15 is 0 Å². The average molecular weight is 330 g/mol. The Morgan fingerprint density at radius 3 is 1.72 bits per heavy atom. The van der Waals surface area contributed by atoms with Gasteiger partial charge in [0.2, 0.25) is 0 Å². The fourth-order valence-electron chi connectivity index (χ4n) is 3.82. The van der Waals surface area contributed by atoms with Crippen molar-refractivity contribution in [1.29, 1.82) is 0 Å². The molecule has 0 unspecified atom stereocenters. The zero-order valence-electron chi connectivity index (χ0n) is 14.9. The normalized spacial score (nSPS) is 11.4. The van der Waals surface area contributed by atoms with Crippen LogP contribution in [0.15, 0.2) is 84.9 Å². The van der Waals surface area contributed by atoms with Crippen molar-refractivity contribution in [1.82, 2.24) is 0 Å². The molecule has 0 radical (unpaired) electrons. The van der Waals surface area contributed by atoms with Crippen molar-refractivity contribution in [3.05, 3.63) is 102 Å². The lowest BCUT2D eigenvalue weighted by molar-refractivity contribution is 0.439. The van der Waals surface area contributed by atoms with Gasteiger partial charge in [-0.3, -0.25) is 0 Å². The van der Waals surface area contributed by atoms with Crippen molar-refractivity contribution in [2.45, 2.75) is 38.0 Å². The van der Waals surface area contributed by atoms with Crippen molar-refractivity contribution in [3.8, 4) is 5.75 Å². The number of unbranched alkanes of at least 4 members (excludes halogenated alkanes) is 2. The van der Waals surface area contributed by atoms with Crippen LogP contribution in [0.3, 0.4) is 0 Å². The number of phenolic OH excluding ortho intramolecular Hbond substituents is 1. The maximum atomic E-state index is 10.7. The van der Waals surface area contributed by atoms with Crippen LogP contribution < -0.4 is 0 Å². The summed E-state index contributed by atoms with van der Waals surface area (Å²) in [4.78, 5) is 0. The molecule has 1 heteroatoms. The van der Waals surface area contributed by atoms with Crippen LogP contribution in [0.4, 0.5) is 0 Å². The third-order valence-corrected chi connectivity index (χ3v) is 5.05. The first kappa shape index (κ1) is 17.3. The van der Waals surface area contributed by atoms with E-state index in [2.05, 4.69) is 73.7 Å². The molecule has 0 bridgehead atoms. The molecule has 0 saturated heterocycles. The summed E-state index contributed by atoms with van der Waals surface area (Å²) in [6.07, 6.45) is 4.47. The molecule has 3 rings (SSSR count). The van der Waals surface area contributed by atoms with E-state index in [4.69, 9.17) is 0 Å². The van der Waals surface area contributed by atoms with Gasteiger partial charge >= 0.3 is 0 Å². The van der Waals surface area contributed by atoms with Crippen LogP contribution in [0.5, 0.6) is 5.75 Å². The largest absolute Gasteiger partial charge is 0.508 e. The highest BCUT2D eigenvalue weighted by Gasteiger charge is 2.37. The van der Waals surface area contributed by atoms with Gasteiger partial charge in [-0.1, -0.05) is 105 Å². The molecule has 128 valence electrons. The summed E-state index contributed by atoms with van der Waals surface area (Å²) < 4.78 is 0. The molecule has 0 heterocycles. The van der Waals surface area contributed by atoms with E-state index in [1.807, 2.05) is 12.1 Å². The Morgan fingerprint density at radius 1 is 0.680 bits per heavy atom. The molecule has 25 heavy (non-hydrogen) atoms. The van der Waals surface area contributed by atoms with Crippen LogP contribution in [0.25, 0.3) is 0 Å². The predicted octanol–water partition coefficient (Wildman–Crippen LogP) is 6.31. The predicted molar refractivity (Wildman–Crippen MR) is 105 cm³/mol. The van der Waals surface area contributed by atoms with E-state index < -0.39 is 0 Å². The molecule has 3 aromatic rings. The molecule has 0 amide bonds. The molecular weight excluding hydrogens is 304 g/mol. The zero-order valence-corrected chi connectivity index (χ0v) is 14.9. The molecule has 0 atom stereocenters. The van der Waals surface area contributed by atoms with Gasteiger partial charge in [-0.05, 0) is 23.6 Å². The van der Waals surface area contributed by atoms with Crippen LogP contribution in [0.2, 0.25) is 0 Å². The minimum absolute atomic E-state index is 0.330. The minimum atomic E-state index is -0.330. The first-order valence-electron chi connectivity index (χ1n) is 9.18. The minimum Gasteiger partial charge on any atom is -0.508 e. The Kier molecular flexibility index (Phi) is 5.55. The molecule has 0 spiro atoms. The van der Waals surface area contributed by atoms with Gasteiger partial charge in [0, 0.05) is 11.0 Å². The maximum absolute atomic E-state index is 10.7. The molecule has 0 aromatic heterocycles. The number of phenols is 1. The molecule has 1 N–H and O–H groups in total. The number of hydrogen-bond donors (Lipinski definition) is 1. The van der Waals surface area contributed by atoms with Gasteiger partial charge < -0.3 is 5.11 Å². The van der Waals surface area contributed by atoms with E-state index in [9.17, 15) is 5.11 Å². The SMILES string of the molecule is CCCCCC(c1ccccc1)(c1ccccc1)c1ccccc1O. The topological polar surface area (TPSA) is 20.2 Å². The van der Waals surface area contributed by atoms with Crippen LogP contribution in [-0.2, 0) is 5.41 Å². The number of aromatic hydroxyl groups is 1. The number of rotatable bonds is 7. The smallest absolute Gasteiger partial charge is 0.120 e. The van der Waals surface area contributed by atoms with Gasteiger partial charge in [0.1, 0.15) is 5.75 Å². The highest BCUT2D eigenvalue weighted by atomic mass is 16.3. The first-order valence-corrected chi connectivity index (χ1v) is 9.18. The average Bonchev–Trinajstić information content (AvgIpc) is 2.68. The fourth-order valence-corrected chi connectivity index (χ4v) is 3.82. The lowest BCUT2D eigenvalue weighted by Gasteiger charge is -2.36. The van der Waals surface area contributed by atoms with Crippen molar-refractivity contribution in [2.75, 3.05) is 0 Å². The van der Waals surface area contributed by atoms with E-state index in [1.54, 1.807) is 6.07 Å². The quantitative estimate of drug-likeness (QED) is 0.398. The van der Waals surface area contributed by atoms with E-state index in [-0.39, 0.29) is 5.41 Å². The lowest BCUT2D eigenvalue weighted by Crippen LogP contribution is -2.29. The first-order chi connectivity index (χ1) is 12.3. The van der Waals surface area contributed by atoms with Crippen LogP contribution in [-0.4, -0.2) is 5.11 Å². The Balaban J connectivity index is 2.26. The second kappa shape index (κ2) is 8.02. The molecular formula is C24H26O. The fraction of sp³-hybridized carbons (Fsp3) is 0.250. The van der Waals surface area contributed by atoms with Crippen LogP contribution in [0.1, 0.15) is 49.3 Å². The van der Waals surface area contributed by atoms with Gasteiger partial charge in [0.05, 0.1) is 0 Å². The Morgan fingerprint density at radius 2 is 1.20 bits per heavy atom. The highest BCUT2D eigenvalue weighted by Crippen LogP contribution is 2.46. The van der Waals surface area contributed by atoms with Gasteiger partial charge in [0.25, 0.3) is 0 Å². The Bertz CT molecular complexity index is 738. The molecule has 0 aliphatic rings. The number of hydrogen-bond acceptors (Lipinski definition) is 1. The lowest BCUT2D eigenvalue weighted by atomic mass is 9.66. The van der Waals surface area contributed by atoms with Crippen LogP contribution in [0, 0.1) is 0 Å².